The van der Waals surface area contributed by atoms with Gasteiger partial charge in [0.25, 0.3) is 0 Å². The molecule has 3 fully saturated rings. The van der Waals surface area contributed by atoms with E-state index >= 15 is 0 Å². The molecule has 0 aromatic heterocycles. The van der Waals surface area contributed by atoms with Gasteiger partial charge < -0.3 is 14.5 Å². The first-order chi connectivity index (χ1) is 16.2. The van der Waals surface area contributed by atoms with Crippen molar-refractivity contribution in [3.63, 3.8) is 0 Å². The lowest BCUT2D eigenvalue weighted by atomic mass is 9.91. The molecular formula is C28H37N3O2. The molecule has 0 spiro atoms. The normalized spacial score (nSPS) is 24.0. The number of ether oxygens (including phenoxy) is 1. The highest BCUT2D eigenvalue weighted by Gasteiger charge is 2.41. The molecule has 1 amide bonds. The van der Waals surface area contributed by atoms with Gasteiger partial charge in [0.1, 0.15) is 5.75 Å². The largest absolute Gasteiger partial charge is 0.495 e. The molecule has 3 saturated heterocycles. The number of methoxy groups -OCH3 is 1. The standard InChI is InChI=1S/C28H37N3O2/c1-33-27-13-6-5-12-26(27)30-20-18-29(19-21-30)17-16-25(22-8-3-2-4-9-22)28(32)31-23-10-7-11-24(31)15-14-23/h2-6,8-9,12-13,23-25H,7,10-11,14-21H2,1H3. The zero-order valence-corrected chi connectivity index (χ0v) is 19.9. The molecule has 5 rings (SSSR count). The van der Waals surface area contributed by atoms with Gasteiger partial charge in [0.05, 0.1) is 18.7 Å². The van der Waals surface area contributed by atoms with E-state index in [1.165, 1.54) is 43.4 Å². The van der Waals surface area contributed by atoms with Crippen LogP contribution in [0.25, 0.3) is 0 Å². The van der Waals surface area contributed by atoms with Crippen LogP contribution in [0.4, 0.5) is 5.69 Å². The fraction of sp³-hybridized carbons (Fsp3) is 0.536. The number of hydrogen-bond acceptors (Lipinski definition) is 4. The molecule has 3 atom stereocenters. The van der Waals surface area contributed by atoms with E-state index in [4.69, 9.17) is 4.74 Å². The van der Waals surface area contributed by atoms with E-state index in [2.05, 4.69) is 51.1 Å². The van der Waals surface area contributed by atoms with Crippen molar-refractivity contribution < 1.29 is 9.53 Å². The molecule has 3 heterocycles. The smallest absolute Gasteiger partial charge is 0.230 e. The zero-order valence-electron chi connectivity index (χ0n) is 19.9. The Morgan fingerprint density at radius 1 is 0.909 bits per heavy atom. The van der Waals surface area contributed by atoms with Crippen LogP contribution >= 0.6 is 0 Å². The van der Waals surface area contributed by atoms with E-state index in [1.807, 2.05) is 18.2 Å². The molecule has 3 aliphatic heterocycles. The molecule has 3 aliphatic rings. The fourth-order valence-corrected chi connectivity index (χ4v) is 6.19. The van der Waals surface area contributed by atoms with Gasteiger partial charge in [-0.3, -0.25) is 9.69 Å². The number of hydrogen-bond donors (Lipinski definition) is 0. The summed E-state index contributed by atoms with van der Waals surface area (Å²) < 4.78 is 5.56. The van der Waals surface area contributed by atoms with E-state index in [1.54, 1.807) is 7.11 Å². The molecule has 33 heavy (non-hydrogen) atoms. The second-order valence-corrected chi connectivity index (χ2v) is 9.81. The van der Waals surface area contributed by atoms with Gasteiger partial charge in [0.2, 0.25) is 5.91 Å². The molecular weight excluding hydrogens is 410 g/mol. The molecule has 3 unspecified atom stereocenters. The Bertz CT molecular complexity index is 910. The van der Waals surface area contributed by atoms with Crippen molar-refractivity contribution in [2.45, 2.75) is 56.5 Å². The summed E-state index contributed by atoms with van der Waals surface area (Å²) in [6.45, 7) is 4.97. The number of rotatable bonds is 7. The first-order valence-electron chi connectivity index (χ1n) is 12.7. The van der Waals surface area contributed by atoms with Crippen molar-refractivity contribution >= 4 is 11.6 Å². The summed E-state index contributed by atoms with van der Waals surface area (Å²) in [5.74, 6) is 1.29. The van der Waals surface area contributed by atoms with Gasteiger partial charge in [-0.25, -0.2) is 0 Å². The maximum Gasteiger partial charge on any atom is 0.230 e. The van der Waals surface area contributed by atoms with E-state index < -0.39 is 0 Å². The number of piperidine rings is 1. The molecule has 5 nitrogen and oxygen atoms in total. The maximum atomic E-state index is 13.8. The van der Waals surface area contributed by atoms with Crippen molar-refractivity contribution in [1.29, 1.82) is 0 Å². The Labute approximate surface area is 198 Å². The molecule has 2 bridgehead atoms. The number of carbonyl (C=O) groups is 1. The van der Waals surface area contributed by atoms with Gasteiger partial charge in [-0.05, 0) is 62.8 Å². The van der Waals surface area contributed by atoms with Crippen LogP contribution in [0.3, 0.4) is 0 Å². The van der Waals surface area contributed by atoms with E-state index in [0.717, 1.165) is 44.9 Å². The average Bonchev–Trinajstić information content (AvgIpc) is 3.13. The number of amides is 1. The summed E-state index contributed by atoms with van der Waals surface area (Å²) in [7, 11) is 1.74. The minimum absolute atomic E-state index is 0.0281. The first kappa shape index (κ1) is 22.3. The average molecular weight is 448 g/mol. The van der Waals surface area contributed by atoms with E-state index in [0.29, 0.717) is 18.0 Å². The summed E-state index contributed by atoms with van der Waals surface area (Å²) in [5, 5.41) is 0. The SMILES string of the molecule is COc1ccccc1N1CCN(CCC(C(=O)N2C3CCCC2CC3)c2ccccc2)CC1. The number of fused-ring (bicyclic) bond motifs is 2. The summed E-state index contributed by atoms with van der Waals surface area (Å²) in [6.07, 6.45) is 6.95. The number of anilines is 1. The molecule has 2 aromatic carbocycles. The van der Waals surface area contributed by atoms with Crippen molar-refractivity contribution in [1.82, 2.24) is 9.80 Å². The summed E-state index contributed by atoms with van der Waals surface area (Å²) in [4.78, 5) is 21.1. The number of benzene rings is 2. The predicted octanol–water partition coefficient (Wildman–Crippen LogP) is 4.53. The molecule has 2 aromatic rings. The number of piperazine rings is 1. The summed E-state index contributed by atoms with van der Waals surface area (Å²) >= 11 is 0. The van der Waals surface area contributed by atoms with Crippen molar-refractivity contribution in [2.75, 3.05) is 44.7 Å². The minimum atomic E-state index is -0.0281. The lowest BCUT2D eigenvalue weighted by Gasteiger charge is -2.39. The van der Waals surface area contributed by atoms with Crippen LogP contribution in [0.1, 0.15) is 50.0 Å². The molecule has 0 N–H and O–H groups in total. The van der Waals surface area contributed by atoms with Crippen LogP contribution in [-0.2, 0) is 4.79 Å². The topological polar surface area (TPSA) is 36.0 Å². The van der Waals surface area contributed by atoms with Gasteiger partial charge in [0.15, 0.2) is 0 Å². The highest BCUT2D eigenvalue weighted by Crippen LogP contribution is 2.38. The summed E-state index contributed by atoms with van der Waals surface area (Å²) in [6, 6.07) is 19.7. The third-order valence-electron chi connectivity index (χ3n) is 7.98. The zero-order chi connectivity index (χ0) is 22.6. The number of nitrogens with zero attached hydrogens (tertiary/aromatic N) is 3. The third kappa shape index (κ3) is 4.74. The molecule has 5 heteroatoms. The predicted molar refractivity (Wildman–Crippen MR) is 133 cm³/mol. The molecule has 0 saturated carbocycles. The summed E-state index contributed by atoms with van der Waals surface area (Å²) in [5.41, 5.74) is 2.36. The quantitative estimate of drug-likeness (QED) is 0.625. The highest BCUT2D eigenvalue weighted by atomic mass is 16.5. The van der Waals surface area contributed by atoms with Crippen LogP contribution < -0.4 is 9.64 Å². The Morgan fingerprint density at radius 2 is 1.58 bits per heavy atom. The number of para-hydroxylation sites is 2. The third-order valence-corrected chi connectivity index (χ3v) is 7.98. The van der Waals surface area contributed by atoms with Crippen molar-refractivity contribution in [2.24, 2.45) is 0 Å². The van der Waals surface area contributed by atoms with Gasteiger partial charge >= 0.3 is 0 Å². The van der Waals surface area contributed by atoms with Crippen LogP contribution in [-0.4, -0.2) is 67.6 Å². The second-order valence-electron chi connectivity index (χ2n) is 9.81. The lowest BCUT2D eigenvalue weighted by molar-refractivity contribution is -0.137. The van der Waals surface area contributed by atoms with Crippen LogP contribution in [0, 0.1) is 0 Å². The number of carbonyl (C=O) groups excluding carboxylic acids is 1. The van der Waals surface area contributed by atoms with Crippen LogP contribution in [0.5, 0.6) is 5.75 Å². The Balaban J connectivity index is 1.23. The highest BCUT2D eigenvalue weighted by molar-refractivity contribution is 5.84. The van der Waals surface area contributed by atoms with E-state index in [-0.39, 0.29) is 5.92 Å². The van der Waals surface area contributed by atoms with Crippen LogP contribution in [0.15, 0.2) is 54.6 Å². The van der Waals surface area contributed by atoms with Gasteiger partial charge in [0, 0.05) is 38.3 Å². The van der Waals surface area contributed by atoms with E-state index in [9.17, 15) is 4.79 Å². The van der Waals surface area contributed by atoms with Gasteiger partial charge in [-0.1, -0.05) is 42.5 Å². The van der Waals surface area contributed by atoms with Gasteiger partial charge in [-0.15, -0.1) is 0 Å². The Kier molecular flexibility index (Phi) is 6.86. The Morgan fingerprint density at radius 3 is 2.27 bits per heavy atom. The first-order valence-corrected chi connectivity index (χ1v) is 12.7. The monoisotopic (exact) mass is 447 g/mol. The molecule has 0 aliphatic carbocycles. The van der Waals surface area contributed by atoms with Crippen LogP contribution in [0.2, 0.25) is 0 Å². The lowest BCUT2D eigenvalue weighted by Crippen LogP contribution is -2.48. The van der Waals surface area contributed by atoms with Crippen molar-refractivity contribution in [3.8, 4) is 5.75 Å². The maximum absolute atomic E-state index is 13.8. The fourth-order valence-electron chi connectivity index (χ4n) is 6.19. The van der Waals surface area contributed by atoms with Gasteiger partial charge in [-0.2, -0.15) is 0 Å². The molecule has 176 valence electrons. The van der Waals surface area contributed by atoms with Crippen molar-refractivity contribution in [3.05, 3.63) is 60.2 Å². The molecule has 0 radical (unpaired) electrons. The minimum Gasteiger partial charge on any atom is -0.495 e. The Hall–Kier alpha value is -2.53. The second kappa shape index (κ2) is 10.2.